The number of halogens is 3. The first kappa shape index (κ1) is 30.9. The van der Waals surface area contributed by atoms with Crippen molar-refractivity contribution >= 4 is 11.9 Å². The van der Waals surface area contributed by atoms with Crippen molar-refractivity contribution in [1.29, 1.82) is 5.26 Å². The Bertz CT molecular complexity index is 1600. The first-order valence-corrected chi connectivity index (χ1v) is 15.3. The van der Waals surface area contributed by atoms with Gasteiger partial charge in [0.05, 0.1) is 31.9 Å². The lowest BCUT2D eigenvalue weighted by Crippen LogP contribution is -2.49. The molecule has 45 heavy (non-hydrogen) atoms. The van der Waals surface area contributed by atoms with Crippen LogP contribution in [0.1, 0.15) is 58.1 Å². The fraction of sp³-hybridized carbons (Fsp3) is 0.500. The molecule has 0 atom stereocenters. The zero-order valence-corrected chi connectivity index (χ0v) is 25.5. The number of amides is 1. The topological polar surface area (TPSA) is 103 Å². The van der Waals surface area contributed by atoms with Crippen LogP contribution < -0.4 is 10.1 Å². The van der Waals surface area contributed by atoms with Crippen molar-refractivity contribution < 1.29 is 22.7 Å². The molecule has 4 heterocycles. The zero-order chi connectivity index (χ0) is 31.8. The molecule has 6 rings (SSSR count). The Morgan fingerprint density at radius 1 is 1.07 bits per heavy atom. The number of alkyl halides is 3. The highest BCUT2D eigenvalue weighted by molar-refractivity contribution is 5.98. The molecule has 1 N–H and O–H groups in total. The number of nitriles is 1. The Kier molecular flexibility index (Phi) is 8.45. The molecule has 1 saturated carbocycles. The molecule has 1 aromatic carbocycles. The van der Waals surface area contributed by atoms with Crippen molar-refractivity contribution in [2.24, 2.45) is 0 Å². The molecule has 0 bridgehead atoms. The summed E-state index contributed by atoms with van der Waals surface area (Å²) in [5.41, 5.74) is 4.60. The Labute approximate surface area is 260 Å². The second kappa shape index (κ2) is 12.3. The molecule has 1 amide bonds. The van der Waals surface area contributed by atoms with Crippen LogP contribution in [-0.4, -0.2) is 94.2 Å². The number of nitrogens with zero attached hydrogens (tertiary/aromatic N) is 7. The van der Waals surface area contributed by atoms with Crippen LogP contribution in [0.15, 0.2) is 36.8 Å². The molecule has 3 aromatic rings. The Morgan fingerprint density at radius 2 is 1.82 bits per heavy atom. The first-order chi connectivity index (χ1) is 21.6. The number of nitrogens with one attached hydrogen (secondary N) is 1. The Morgan fingerprint density at radius 3 is 2.49 bits per heavy atom. The highest BCUT2D eigenvalue weighted by Crippen LogP contribution is 2.54. The second-order valence-electron chi connectivity index (χ2n) is 12.1. The molecule has 2 fully saturated rings. The number of imidazole rings is 1. The van der Waals surface area contributed by atoms with Gasteiger partial charge < -0.3 is 19.5 Å². The summed E-state index contributed by atoms with van der Waals surface area (Å²) in [5.74, 6) is 1.08. The van der Waals surface area contributed by atoms with E-state index in [0.29, 0.717) is 80.9 Å². The first-order valence-electron chi connectivity index (χ1n) is 15.3. The lowest BCUT2D eigenvalue weighted by Gasteiger charge is -2.39. The number of hydrogen-bond donors (Lipinski definition) is 1. The molecular formula is C32H37F3N8O2. The number of carbonyl (C=O) groups is 1. The molecule has 1 saturated heterocycles. The van der Waals surface area contributed by atoms with E-state index in [1.54, 1.807) is 12.3 Å². The van der Waals surface area contributed by atoms with Crippen molar-refractivity contribution in [2.45, 2.75) is 51.0 Å². The van der Waals surface area contributed by atoms with Crippen LogP contribution in [0.25, 0.3) is 0 Å². The minimum Gasteiger partial charge on any atom is -0.492 e. The summed E-state index contributed by atoms with van der Waals surface area (Å²) in [5, 5.41) is 12.5. The average molecular weight is 623 g/mol. The smallest absolute Gasteiger partial charge is 0.401 e. The van der Waals surface area contributed by atoms with E-state index in [9.17, 15) is 23.2 Å². The third-order valence-corrected chi connectivity index (χ3v) is 8.92. The molecule has 1 spiro atoms. The minimum absolute atomic E-state index is 0.0794. The maximum atomic E-state index is 14.2. The van der Waals surface area contributed by atoms with Gasteiger partial charge in [-0.25, -0.2) is 4.98 Å². The molecule has 3 aliphatic rings. The largest absolute Gasteiger partial charge is 0.492 e. The van der Waals surface area contributed by atoms with Crippen molar-refractivity contribution in [3.8, 4) is 11.8 Å². The summed E-state index contributed by atoms with van der Waals surface area (Å²) in [6.45, 7) is 5.05. The van der Waals surface area contributed by atoms with E-state index in [1.165, 1.54) is 11.1 Å². The Hall–Kier alpha value is -4.15. The maximum Gasteiger partial charge on any atom is 0.401 e. The molecule has 0 unspecified atom stereocenters. The summed E-state index contributed by atoms with van der Waals surface area (Å²) in [6, 6.07) is 8.00. The number of benzene rings is 1. The van der Waals surface area contributed by atoms with Gasteiger partial charge in [0.25, 0.3) is 5.91 Å². The van der Waals surface area contributed by atoms with Crippen LogP contribution >= 0.6 is 0 Å². The minimum atomic E-state index is -4.21. The fourth-order valence-electron chi connectivity index (χ4n) is 6.73. The van der Waals surface area contributed by atoms with E-state index in [0.717, 1.165) is 29.5 Å². The van der Waals surface area contributed by atoms with Gasteiger partial charge in [0.2, 0.25) is 5.95 Å². The number of rotatable bonds is 10. The van der Waals surface area contributed by atoms with Gasteiger partial charge in [-0.15, -0.1) is 0 Å². The molecule has 2 aliphatic heterocycles. The standard InChI is InChI=1S/C32H37F3N8O2/c1-3-45-27-14-25(39-16-24(27)15-36)19-43-20-31(4-5-31)28-23(18-40-8-10-41(11-9-40)21-32(33,34)35)12-22(13-26(28)29(43)44)17-42-7-6-38-30(42)37-2/h6-7,12-14,16H,3-5,8-11,17-21H2,1-2H3,(H,37,38). The van der Waals surface area contributed by atoms with Crippen LogP contribution in [0.3, 0.4) is 0 Å². The quantitative estimate of drug-likeness (QED) is 0.362. The fourth-order valence-corrected chi connectivity index (χ4v) is 6.73. The van der Waals surface area contributed by atoms with Crippen molar-refractivity contribution in [1.82, 2.24) is 29.2 Å². The number of carbonyl (C=O) groups excluding carboxylic acids is 1. The van der Waals surface area contributed by atoms with Gasteiger partial charge >= 0.3 is 6.18 Å². The molecule has 238 valence electrons. The van der Waals surface area contributed by atoms with Crippen LogP contribution in [0.2, 0.25) is 0 Å². The van der Waals surface area contributed by atoms with E-state index in [1.807, 2.05) is 35.7 Å². The lowest BCUT2D eigenvalue weighted by atomic mass is 9.81. The summed E-state index contributed by atoms with van der Waals surface area (Å²) < 4.78 is 46.6. The van der Waals surface area contributed by atoms with Gasteiger partial charge in [-0.1, -0.05) is 6.07 Å². The molecule has 10 nitrogen and oxygen atoms in total. The summed E-state index contributed by atoms with van der Waals surface area (Å²) in [4.78, 5) is 28.5. The van der Waals surface area contributed by atoms with Crippen molar-refractivity contribution in [3.63, 3.8) is 0 Å². The molecule has 1 aliphatic carbocycles. The number of piperazine rings is 1. The highest BCUT2D eigenvalue weighted by atomic mass is 19.4. The normalized spacial score (nSPS) is 18.1. The molecule has 2 aromatic heterocycles. The van der Waals surface area contributed by atoms with Gasteiger partial charge in [-0.05, 0) is 42.5 Å². The van der Waals surface area contributed by atoms with Crippen LogP contribution in [0.5, 0.6) is 5.75 Å². The third kappa shape index (κ3) is 6.62. The van der Waals surface area contributed by atoms with Gasteiger partial charge in [0.1, 0.15) is 17.4 Å². The number of fused-ring (bicyclic) bond motifs is 2. The van der Waals surface area contributed by atoms with Gasteiger partial charge in [-0.3, -0.25) is 19.6 Å². The van der Waals surface area contributed by atoms with Gasteiger partial charge in [0, 0.05) is 82.0 Å². The van der Waals surface area contributed by atoms with E-state index in [4.69, 9.17) is 4.74 Å². The van der Waals surface area contributed by atoms with E-state index in [2.05, 4.69) is 32.3 Å². The maximum absolute atomic E-state index is 14.2. The number of aromatic nitrogens is 3. The van der Waals surface area contributed by atoms with Crippen molar-refractivity contribution in [2.75, 3.05) is 58.2 Å². The predicted molar refractivity (Wildman–Crippen MR) is 161 cm³/mol. The third-order valence-electron chi connectivity index (χ3n) is 8.92. The van der Waals surface area contributed by atoms with E-state index < -0.39 is 12.7 Å². The number of hydrogen-bond acceptors (Lipinski definition) is 8. The van der Waals surface area contributed by atoms with Crippen LogP contribution in [-0.2, 0) is 25.0 Å². The monoisotopic (exact) mass is 622 g/mol. The van der Waals surface area contributed by atoms with E-state index >= 15 is 0 Å². The summed E-state index contributed by atoms with van der Waals surface area (Å²) in [7, 11) is 1.81. The number of anilines is 1. The second-order valence-corrected chi connectivity index (χ2v) is 12.1. The molecule has 0 radical (unpaired) electrons. The zero-order valence-electron chi connectivity index (χ0n) is 25.5. The highest BCUT2D eigenvalue weighted by Gasteiger charge is 2.52. The van der Waals surface area contributed by atoms with E-state index in [-0.39, 0.29) is 17.9 Å². The SMILES string of the molecule is CCOc1cc(CN2CC3(CC3)c3c(CN4CCN(CC(F)(F)F)CC4)cc(Cn4ccnc4NC)cc3C2=O)ncc1C#N. The van der Waals surface area contributed by atoms with Gasteiger partial charge in [-0.2, -0.15) is 18.4 Å². The van der Waals surface area contributed by atoms with Crippen molar-refractivity contribution in [3.05, 3.63) is 70.3 Å². The molecular weight excluding hydrogens is 585 g/mol. The number of pyridine rings is 1. The van der Waals surface area contributed by atoms with Crippen LogP contribution in [0, 0.1) is 11.3 Å². The summed E-state index contributed by atoms with van der Waals surface area (Å²) >= 11 is 0. The van der Waals surface area contributed by atoms with Crippen LogP contribution in [0.4, 0.5) is 19.1 Å². The average Bonchev–Trinajstić information content (AvgIpc) is 3.62. The Balaban J connectivity index is 1.31. The lowest BCUT2D eigenvalue weighted by molar-refractivity contribution is -0.149. The summed E-state index contributed by atoms with van der Waals surface area (Å²) in [6.07, 6.45) is 2.78. The number of ether oxygens (including phenoxy) is 1. The van der Waals surface area contributed by atoms with Gasteiger partial charge in [0.15, 0.2) is 0 Å². The molecule has 13 heteroatoms. The predicted octanol–water partition coefficient (Wildman–Crippen LogP) is 4.01.